The number of nitrogens with zero attached hydrogens (tertiary/aromatic N) is 1. The Morgan fingerprint density at radius 2 is 1.88 bits per heavy atom. The molecule has 1 aliphatic heterocycles. The summed E-state index contributed by atoms with van der Waals surface area (Å²) < 4.78 is 27.6. The van der Waals surface area contributed by atoms with Gasteiger partial charge in [-0.25, -0.2) is 8.78 Å². The van der Waals surface area contributed by atoms with Crippen LogP contribution in [0.4, 0.5) is 8.78 Å². The van der Waals surface area contributed by atoms with Crippen molar-refractivity contribution in [2.45, 2.75) is 20.4 Å². The third-order valence-corrected chi connectivity index (χ3v) is 3.36. The van der Waals surface area contributed by atoms with E-state index in [1.807, 2.05) is 0 Å². The van der Waals surface area contributed by atoms with Gasteiger partial charge in [-0.05, 0) is 31.0 Å². The molecule has 2 nitrogen and oxygen atoms in total. The van der Waals surface area contributed by atoms with Crippen LogP contribution in [0, 0.1) is 25.5 Å². The van der Waals surface area contributed by atoms with E-state index in [0.717, 1.165) is 26.2 Å². The first kappa shape index (κ1) is 12.5. The monoisotopic (exact) mass is 240 g/mol. The summed E-state index contributed by atoms with van der Waals surface area (Å²) in [6, 6.07) is 1.27. The van der Waals surface area contributed by atoms with Gasteiger partial charge >= 0.3 is 0 Å². The molecule has 1 aromatic carbocycles. The van der Waals surface area contributed by atoms with Crippen LogP contribution in [0.3, 0.4) is 0 Å². The SMILES string of the molecule is Cc1cc(F)c(C)c(CN2CCNCC2)c1F. The summed E-state index contributed by atoms with van der Waals surface area (Å²) in [5.41, 5.74) is 1.33. The lowest BCUT2D eigenvalue weighted by molar-refractivity contribution is 0.229. The zero-order valence-corrected chi connectivity index (χ0v) is 10.3. The van der Waals surface area contributed by atoms with Gasteiger partial charge in [0.05, 0.1) is 0 Å². The van der Waals surface area contributed by atoms with Crippen molar-refractivity contribution in [2.24, 2.45) is 0 Å². The van der Waals surface area contributed by atoms with E-state index in [2.05, 4.69) is 10.2 Å². The van der Waals surface area contributed by atoms with Crippen molar-refractivity contribution in [1.29, 1.82) is 0 Å². The predicted octanol–water partition coefficient (Wildman–Crippen LogP) is 1.99. The fourth-order valence-corrected chi connectivity index (χ4v) is 2.19. The number of nitrogens with one attached hydrogen (secondary N) is 1. The molecular weight excluding hydrogens is 222 g/mol. The van der Waals surface area contributed by atoms with Crippen LogP contribution >= 0.6 is 0 Å². The molecule has 0 aliphatic carbocycles. The number of aryl methyl sites for hydroxylation is 1. The standard InChI is InChI=1S/C13H18F2N2/c1-9-7-12(14)10(2)11(13(9)15)8-17-5-3-16-4-6-17/h7,16H,3-6,8H2,1-2H3. The maximum Gasteiger partial charge on any atom is 0.131 e. The van der Waals surface area contributed by atoms with Crippen LogP contribution in [-0.4, -0.2) is 31.1 Å². The van der Waals surface area contributed by atoms with Gasteiger partial charge in [-0.2, -0.15) is 0 Å². The zero-order chi connectivity index (χ0) is 12.4. The van der Waals surface area contributed by atoms with E-state index < -0.39 is 0 Å². The van der Waals surface area contributed by atoms with Crippen molar-refractivity contribution >= 4 is 0 Å². The minimum absolute atomic E-state index is 0.262. The molecule has 4 heteroatoms. The van der Waals surface area contributed by atoms with E-state index in [-0.39, 0.29) is 11.6 Å². The lowest BCUT2D eigenvalue weighted by atomic mass is 10.0. The van der Waals surface area contributed by atoms with Crippen LogP contribution in [0.1, 0.15) is 16.7 Å². The smallest absolute Gasteiger partial charge is 0.131 e. The molecule has 0 unspecified atom stereocenters. The highest BCUT2D eigenvalue weighted by Gasteiger charge is 2.17. The molecule has 1 fully saturated rings. The van der Waals surface area contributed by atoms with Gasteiger partial charge in [-0.1, -0.05) is 0 Å². The zero-order valence-electron chi connectivity index (χ0n) is 10.3. The molecule has 0 spiro atoms. The van der Waals surface area contributed by atoms with E-state index in [1.165, 1.54) is 6.07 Å². The second-order valence-electron chi connectivity index (χ2n) is 4.62. The second-order valence-corrected chi connectivity index (χ2v) is 4.62. The fourth-order valence-electron chi connectivity index (χ4n) is 2.19. The van der Waals surface area contributed by atoms with Gasteiger partial charge < -0.3 is 5.32 Å². The van der Waals surface area contributed by atoms with Crippen LogP contribution in [-0.2, 0) is 6.54 Å². The highest BCUT2D eigenvalue weighted by molar-refractivity contribution is 5.33. The summed E-state index contributed by atoms with van der Waals surface area (Å²) in [5, 5.41) is 3.24. The van der Waals surface area contributed by atoms with E-state index in [4.69, 9.17) is 0 Å². The molecule has 0 radical (unpaired) electrons. The van der Waals surface area contributed by atoms with Gasteiger partial charge in [-0.15, -0.1) is 0 Å². The molecule has 1 aromatic rings. The molecule has 2 rings (SSSR count). The van der Waals surface area contributed by atoms with Gasteiger partial charge in [-0.3, -0.25) is 4.90 Å². The molecule has 0 saturated carbocycles. The second kappa shape index (κ2) is 5.10. The first-order valence-electron chi connectivity index (χ1n) is 5.96. The number of hydrogen-bond donors (Lipinski definition) is 1. The average Bonchev–Trinajstić information content (AvgIpc) is 2.33. The quantitative estimate of drug-likeness (QED) is 0.850. The van der Waals surface area contributed by atoms with Gasteiger partial charge in [0, 0.05) is 38.3 Å². The van der Waals surface area contributed by atoms with E-state index in [9.17, 15) is 8.78 Å². The van der Waals surface area contributed by atoms with Crippen molar-refractivity contribution in [3.63, 3.8) is 0 Å². The first-order valence-corrected chi connectivity index (χ1v) is 5.96. The lowest BCUT2D eigenvalue weighted by Gasteiger charge is -2.28. The minimum atomic E-state index is -0.311. The molecule has 17 heavy (non-hydrogen) atoms. The van der Waals surface area contributed by atoms with Crippen molar-refractivity contribution < 1.29 is 8.78 Å². The normalized spacial score (nSPS) is 17.4. The van der Waals surface area contributed by atoms with Gasteiger partial charge in [0.25, 0.3) is 0 Å². The minimum Gasteiger partial charge on any atom is -0.314 e. The Bertz CT molecular complexity index is 386. The Balaban J connectivity index is 2.24. The van der Waals surface area contributed by atoms with Crippen molar-refractivity contribution in [1.82, 2.24) is 10.2 Å². The molecule has 0 aromatic heterocycles. The Morgan fingerprint density at radius 1 is 1.24 bits per heavy atom. The predicted molar refractivity (Wildman–Crippen MR) is 64.0 cm³/mol. The van der Waals surface area contributed by atoms with Crippen LogP contribution in [0.2, 0.25) is 0 Å². The molecular formula is C13H18F2N2. The van der Waals surface area contributed by atoms with Crippen molar-refractivity contribution in [2.75, 3.05) is 26.2 Å². The van der Waals surface area contributed by atoms with Gasteiger partial charge in [0.2, 0.25) is 0 Å². The van der Waals surface area contributed by atoms with E-state index >= 15 is 0 Å². The summed E-state index contributed by atoms with van der Waals surface area (Å²) in [7, 11) is 0. The van der Waals surface area contributed by atoms with Crippen LogP contribution < -0.4 is 5.32 Å². The fraction of sp³-hybridized carbons (Fsp3) is 0.538. The average molecular weight is 240 g/mol. The van der Waals surface area contributed by atoms with Crippen LogP contribution in [0.15, 0.2) is 6.07 Å². The molecule has 1 aliphatic rings. The van der Waals surface area contributed by atoms with Crippen LogP contribution in [0.5, 0.6) is 0 Å². The molecule has 0 amide bonds. The molecule has 94 valence electrons. The maximum absolute atomic E-state index is 14.0. The molecule has 0 bridgehead atoms. The van der Waals surface area contributed by atoms with Crippen molar-refractivity contribution in [3.05, 3.63) is 34.4 Å². The third-order valence-electron chi connectivity index (χ3n) is 3.36. The summed E-state index contributed by atoms with van der Waals surface area (Å²) in [6.45, 7) is 7.35. The van der Waals surface area contributed by atoms with Crippen LogP contribution in [0.25, 0.3) is 0 Å². The topological polar surface area (TPSA) is 15.3 Å². The third kappa shape index (κ3) is 2.64. The van der Waals surface area contributed by atoms with Gasteiger partial charge in [0.15, 0.2) is 0 Å². The van der Waals surface area contributed by atoms with E-state index in [0.29, 0.717) is 23.2 Å². The first-order chi connectivity index (χ1) is 8.09. The van der Waals surface area contributed by atoms with Crippen molar-refractivity contribution in [3.8, 4) is 0 Å². The number of benzene rings is 1. The Kier molecular flexibility index (Phi) is 3.74. The Hall–Kier alpha value is -1.00. The highest BCUT2D eigenvalue weighted by atomic mass is 19.1. The number of piperazine rings is 1. The Morgan fingerprint density at radius 3 is 2.53 bits per heavy atom. The maximum atomic E-state index is 14.0. The molecule has 0 atom stereocenters. The summed E-state index contributed by atoms with van der Waals surface area (Å²) in [5.74, 6) is -0.573. The highest BCUT2D eigenvalue weighted by Crippen LogP contribution is 2.22. The van der Waals surface area contributed by atoms with E-state index in [1.54, 1.807) is 13.8 Å². The summed E-state index contributed by atoms with van der Waals surface area (Å²) in [6.07, 6.45) is 0. The largest absolute Gasteiger partial charge is 0.314 e. The molecule has 1 N–H and O–H groups in total. The number of hydrogen-bond acceptors (Lipinski definition) is 2. The summed E-state index contributed by atoms with van der Waals surface area (Å²) >= 11 is 0. The molecule has 1 saturated heterocycles. The lowest BCUT2D eigenvalue weighted by Crippen LogP contribution is -2.43. The van der Waals surface area contributed by atoms with Gasteiger partial charge in [0.1, 0.15) is 11.6 Å². The number of rotatable bonds is 2. The molecule has 1 heterocycles. The number of halogens is 2. The summed E-state index contributed by atoms with van der Waals surface area (Å²) in [4.78, 5) is 2.15. The Labute approximate surface area is 101 Å².